The summed E-state index contributed by atoms with van der Waals surface area (Å²) in [6.07, 6.45) is 8.72. The molecule has 1 aromatic heterocycles. The molecule has 3 aliphatic rings. The van der Waals surface area contributed by atoms with Crippen LogP contribution >= 0.6 is 11.6 Å². The Morgan fingerprint density at radius 2 is 1.62 bits per heavy atom. The summed E-state index contributed by atoms with van der Waals surface area (Å²) in [5.74, 6) is -0.828. The largest absolute Gasteiger partial charge is 0.493 e. The van der Waals surface area contributed by atoms with E-state index in [1.807, 2.05) is 41.0 Å². The number of methoxy groups -OCH3 is 1. The number of nitrogens with two attached hydrogens (primary N) is 1. The zero-order chi connectivity index (χ0) is 50.3. The van der Waals surface area contributed by atoms with Gasteiger partial charge in [0.05, 0.1) is 43.4 Å². The highest BCUT2D eigenvalue weighted by molar-refractivity contribution is 6.31. The predicted octanol–water partition coefficient (Wildman–Crippen LogP) is 4.64. The Morgan fingerprint density at radius 3 is 2.31 bits per heavy atom. The van der Waals surface area contributed by atoms with Gasteiger partial charge in [-0.25, -0.2) is 13.8 Å². The lowest BCUT2D eigenvalue weighted by molar-refractivity contribution is -0.665. The minimum Gasteiger partial charge on any atom is -0.493 e. The molecule has 6 amide bonds. The second-order valence-corrected chi connectivity index (χ2v) is 18.4. The Morgan fingerprint density at radius 1 is 0.887 bits per heavy atom. The number of carbonyl (C=O) groups is 6. The predicted molar refractivity (Wildman–Crippen MR) is 263 cm³/mol. The van der Waals surface area contributed by atoms with Gasteiger partial charge in [0.1, 0.15) is 23.3 Å². The molecule has 7 rings (SSSR count). The quantitative estimate of drug-likeness (QED) is 0.0251. The summed E-state index contributed by atoms with van der Waals surface area (Å²) in [6, 6.07) is 14.0. The summed E-state index contributed by atoms with van der Waals surface area (Å²) in [4.78, 5) is 84.7. The number of primary amides is 1. The maximum atomic E-state index is 14.1. The number of halogens is 2. The first kappa shape index (κ1) is 52.1. The number of ether oxygens (including phenoxy) is 3. The van der Waals surface area contributed by atoms with E-state index in [2.05, 4.69) is 26.2 Å². The number of nitrogens with zero attached hydrogens (tertiary/aromatic N) is 4. The molecule has 2 aliphatic heterocycles. The van der Waals surface area contributed by atoms with Crippen molar-refractivity contribution in [2.24, 2.45) is 11.1 Å². The van der Waals surface area contributed by atoms with Gasteiger partial charge in [-0.3, -0.25) is 33.8 Å². The normalized spacial score (nSPS) is 15.8. The van der Waals surface area contributed by atoms with E-state index in [0.29, 0.717) is 105 Å². The molecule has 1 aliphatic carbocycles. The van der Waals surface area contributed by atoms with E-state index in [-0.39, 0.29) is 42.0 Å². The molecule has 4 aromatic rings. The van der Waals surface area contributed by atoms with Crippen LogP contribution in [0.3, 0.4) is 0 Å². The molecule has 0 bridgehead atoms. The molecule has 0 radical (unpaired) electrons. The monoisotopic (exact) mass is 998 g/mol. The van der Waals surface area contributed by atoms with Crippen LogP contribution in [-0.2, 0) is 41.7 Å². The Balaban J connectivity index is 1.01. The van der Waals surface area contributed by atoms with Crippen LogP contribution in [0.1, 0.15) is 68.9 Å². The number of imide groups is 1. The number of amides is 6. The average molecular weight is 1000 g/mol. The van der Waals surface area contributed by atoms with Gasteiger partial charge in [0.25, 0.3) is 24.0 Å². The van der Waals surface area contributed by atoms with Crippen LogP contribution in [0.25, 0.3) is 10.9 Å². The lowest BCUT2D eigenvalue weighted by Crippen LogP contribution is -2.58. The van der Waals surface area contributed by atoms with Crippen LogP contribution in [0, 0.1) is 11.2 Å². The van der Waals surface area contributed by atoms with Crippen molar-refractivity contribution in [2.45, 2.75) is 76.8 Å². The van der Waals surface area contributed by atoms with Crippen molar-refractivity contribution in [2.75, 3.05) is 71.5 Å². The second kappa shape index (κ2) is 24.9. The zero-order valence-corrected chi connectivity index (χ0v) is 40.7. The van der Waals surface area contributed by atoms with E-state index in [0.717, 1.165) is 50.3 Å². The molecule has 3 aromatic carbocycles. The van der Waals surface area contributed by atoms with Crippen LogP contribution in [-0.4, -0.2) is 122 Å². The minimum atomic E-state index is -1.31. The van der Waals surface area contributed by atoms with Crippen molar-refractivity contribution in [1.29, 1.82) is 0 Å². The van der Waals surface area contributed by atoms with Crippen LogP contribution in [0.5, 0.6) is 11.5 Å². The number of carbonyl (C=O) groups excluding carboxylic acids is 6. The third-order valence-corrected chi connectivity index (χ3v) is 13.4. The van der Waals surface area contributed by atoms with Crippen LogP contribution in [0.2, 0.25) is 5.02 Å². The number of ketones is 1. The molecular weight excluding hydrogens is 937 g/mol. The molecule has 1 saturated carbocycles. The van der Waals surface area contributed by atoms with E-state index in [1.54, 1.807) is 19.5 Å². The van der Waals surface area contributed by atoms with Crippen molar-refractivity contribution in [1.82, 2.24) is 30.7 Å². The number of nitrogens with one attached hydrogen (secondary N) is 4. The number of benzene rings is 3. The topological polar surface area (TPSA) is 228 Å². The van der Waals surface area contributed by atoms with Crippen molar-refractivity contribution in [3.8, 4) is 11.5 Å². The summed E-state index contributed by atoms with van der Waals surface area (Å²) < 4.78 is 33.6. The number of hydrogen-bond acceptors (Lipinski definition) is 12. The van der Waals surface area contributed by atoms with Crippen molar-refractivity contribution in [3.63, 3.8) is 0 Å². The number of rotatable bonds is 26. The van der Waals surface area contributed by atoms with Crippen molar-refractivity contribution in [3.05, 3.63) is 95.0 Å². The fourth-order valence-electron chi connectivity index (χ4n) is 8.83. The van der Waals surface area contributed by atoms with Gasteiger partial charge in [0.15, 0.2) is 17.3 Å². The van der Waals surface area contributed by atoms with Crippen LogP contribution in [0.15, 0.2) is 73.1 Å². The minimum absolute atomic E-state index is 0.00379. The van der Waals surface area contributed by atoms with Gasteiger partial charge in [-0.1, -0.05) is 42.3 Å². The summed E-state index contributed by atoms with van der Waals surface area (Å²) in [5, 5.41) is 12.3. The molecule has 18 nitrogen and oxygen atoms in total. The lowest BCUT2D eigenvalue weighted by Gasteiger charge is -2.39. The van der Waals surface area contributed by atoms with Gasteiger partial charge in [-0.15, -0.1) is 0 Å². The number of unbranched alkanes of at least 4 members (excludes halogenated alkanes) is 2. The fourth-order valence-corrected chi connectivity index (χ4v) is 9.01. The number of anilines is 2. The molecule has 378 valence electrons. The molecule has 1 atom stereocenters. The molecule has 2 fully saturated rings. The zero-order valence-electron chi connectivity index (χ0n) is 39.9. The molecule has 1 saturated heterocycles. The summed E-state index contributed by atoms with van der Waals surface area (Å²) in [6.45, 7) is 5.73. The highest BCUT2D eigenvalue weighted by Gasteiger charge is 2.51. The van der Waals surface area contributed by atoms with Gasteiger partial charge < -0.3 is 41.2 Å². The Hall–Kier alpha value is -6.70. The maximum Gasteiger partial charge on any atom is 0.312 e. The Kier molecular flexibility index (Phi) is 18.3. The number of urea groups is 1. The molecule has 0 unspecified atom stereocenters. The van der Waals surface area contributed by atoms with E-state index in [1.165, 1.54) is 29.2 Å². The van der Waals surface area contributed by atoms with Crippen LogP contribution < -0.4 is 41.0 Å². The number of Topliss-reactive ketones (excluding diaryl/α,β-unsaturated/α-hetero) is 1. The van der Waals surface area contributed by atoms with Gasteiger partial charge in [0, 0.05) is 75.7 Å². The number of morpholine rings is 1. The smallest absolute Gasteiger partial charge is 0.312 e. The highest BCUT2D eigenvalue weighted by atomic mass is 35.5. The van der Waals surface area contributed by atoms with E-state index in [9.17, 15) is 33.2 Å². The van der Waals surface area contributed by atoms with E-state index < -0.39 is 35.1 Å². The van der Waals surface area contributed by atoms with E-state index >= 15 is 0 Å². The standard InChI is InChI=1S/C51H61ClFN9O9/c1-69-43-31-41-37(30-44(43)71-25-7-21-60-23-26-70-27-24-60)47(58-36-13-14-39(53)38(52)29-36)57-33-61(41)32-35-11-9-34(10-12-35)28-42(63)40(8-5-20-56-50(54)68)59-49(67)51(17-6-18-51)48(66)55-19-3-2-4-22-62-45(64)15-16-46(62)65/h9-16,29-31,33,40H,2-8,17-28,32H2,1H3,(H5,54,55,56,59,66,67,68)/p+1/t40-/m0/s1. The fraction of sp³-hybridized carbons (Fsp3) is 0.451. The highest BCUT2D eigenvalue weighted by Crippen LogP contribution is 2.42. The third kappa shape index (κ3) is 13.8. The lowest BCUT2D eigenvalue weighted by atomic mass is 9.67. The summed E-state index contributed by atoms with van der Waals surface area (Å²) in [5.41, 5.74) is 6.87. The van der Waals surface area contributed by atoms with Gasteiger partial charge in [0.2, 0.25) is 11.8 Å². The molecule has 3 heterocycles. The number of hydrogen-bond donors (Lipinski definition) is 5. The molecule has 0 spiro atoms. The Labute approximate surface area is 416 Å². The van der Waals surface area contributed by atoms with Crippen molar-refractivity contribution >= 4 is 69.5 Å². The summed E-state index contributed by atoms with van der Waals surface area (Å²) in [7, 11) is 1.58. The van der Waals surface area contributed by atoms with E-state index in [4.69, 9.17) is 36.5 Å². The maximum absolute atomic E-state index is 14.1. The third-order valence-electron chi connectivity index (χ3n) is 13.1. The van der Waals surface area contributed by atoms with Gasteiger partial charge >= 0.3 is 6.03 Å². The number of fused-ring (bicyclic) bond motifs is 1. The first-order chi connectivity index (χ1) is 34.3. The molecular formula is C51H62ClFN9O9+. The summed E-state index contributed by atoms with van der Waals surface area (Å²) >= 11 is 6.13. The molecule has 71 heavy (non-hydrogen) atoms. The Bertz CT molecular complexity index is 2590. The van der Waals surface area contributed by atoms with Crippen LogP contribution in [0.4, 0.5) is 20.7 Å². The first-order valence-corrected chi connectivity index (χ1v) is 24.5. The number of aromatic nitrogens is 2. The first-order valence-electron chi connectivity index (χ1n) is 24.2. The molecule has 6 N–H and O–H groups in total. The SMILES string of the molecule is COc1cc2c(cc1OCCCN1CCOCC1)c(Nc1ccc(F)c(Cl)c1)nc[n+]2Cc1ccc(CC(=O)[C@H](CCCNC(N)=O)NC(=O)C2(C(=O)NCCCCCN3C(=O)C=CC3=O)CCC2)cc1. The molecule has 20 heteroatoms. The van der Waals surface area contributed by atoms with Gasteiger partial charge in [-0.2, -0.15) is 0 Å². The average Bonchev–Trinajstić information content (AvgIpc) is 3.67. The van der Waals surface area contributed by atoms with Gasteiger partial charge in [-0.05, 0) is 85.7 Å². The van der Waals surface area contributed by atoms with Crippen molar-refractivity contribution < 1.29 is 51.9 Å². The second-order valence-electron chi connectivity index (χ2n) is 18.0.